The van der Waals surface area contributed by atoms with Crippen LogP contribution in [0.2, 0.25) is 0 Å². The molecule has 1 aromatic carbocycles. The smallest absolute Gasteiger partial charge is 0.264 e. The predicted molar refractivity (Wildman–Crippen MR) is 107 cm³/mol. The van der Waals surface area contributed by atoms with Crippen LogP contribution in [0.5, 0.6) is 0 Å². The van der Waals surface area contributed by atoms with E-state index in [9.17, 15) is 9.59 Å². The second-order valence-electron chi connectivity index (χ2n) is 7.06. The summed E-state index contributed by atoms with van der Waals surface area (Å²) in [6.45, 7) is 5.87. The summed E-state index contributed by atoms with van der Waals surface area (Å²) in [6.07, 6.45) is 2.89. The zero-order valence-corrected chi connectivity index (χ0v) is 16.3. The minimum Gasteiger partial charge on any atom is -0.318 e. The SMILES string of the molecule is Cc1ccc(-n2c(C)cc(C(=O)Cn3cnc4c(cnn4C)c3=O)c2C)cc1. The van der Waals surface area contributed by atoms with Gasteiger partial charge in [0.05, 0.1) is 12.7 Å². The van der Waals surface area contributed by atoms with E-state index < -0.39 is 0 Å². The molecule has 0 aliphatic heterocycles. The van der Waals surface area contributed by atoms with Crippen molar-refractivity contribution in [1.29, 1.82) is 0 Å². The standard InChI is InChI=1S/C21H21N5O2/c1-13-5-7-16(8-6-13)26-14(2)9-17(15(26)3)19(27)11-25-12-22-20-18(21(25)28)10-23-24(20)4/h5-10,12H,11H2,1-4H3. The Labute approximate surface area is 161 Å². The first-order valence-corrected chi connectivity index (χ1v) is 9.03. The number of carbonyl (C=O) groups excluding carboxylic acids is 1. The molecule has 4 aromatic rings. The van der Waals surface area contributed by atoms with Crippen LogP contribution in [-0.4, -0.2) is 29.7 Å². The number of rotatable bonds is 4. The predicted octanol–water partition coefficient (Wildman–Crippen LogP) is 2.73. The number of fused-ring (bicyclic) bond motifs is 1. The fourth-order valence-electron chi connectivity index (χ4n) is 3.56. The molecule has 3 heterocycles. The molecule has 0 unspecified atom stereocenters. The van der Waals surface area contributed by atoms with Crippen LogP contribution in [-0.2, 0) is 13.6 Å². The Bertz CT molecular complexity index is 1260. The molecular weight excluding hydrogens is 354 g/mol. The second kappa shape index (κ2) is 6.60. The monoisotopic (exact) mass is 375 g/mol. The Morgan fingerprint density at radius 3 is 2.54 bits per heavy atom. The average Bonchev–Trinajstić information content (AvgIpc) is 3.18. The zero-order chi connectivity index (χ0) is 20.0. The summed E-state index contributed by atoms with van der Waals surface area (Å²) in [6, 6.07) is 10.0. The fraction of sp³-hybridized carbons (Fsp3) is 0.238. The van der Waals surface area contributed by atoms with E-state index in [1.165, 1.54) is 27.3 Å². The van der Waals surface area contributed by atoms with E-state index in [1.807, 2.05) is 51.1 Å². The third kappa shape index (κ3) is 2.85. The number of aromatic nitrogens is 5. The second-order valence-corrected chi connectivity index (χ2v) is 7.06. The molecule has 0 radical (unpaired) electrons. The van der Waals surface area contributed by atoms with Gasteiger partial charge in [-0.2, -0.15) is 5.10 Å². The van der Waals surface area contributed by atoms with E-state index >= 15 is 0 Å². The molecule has 7 heteroatoms. The minimum atomic E-state index is -0.265. The molecule has 3 aromatic heterocycles. The van der Waals surface area contributed by atoms with E-state index in [1.54, 1.807) is 7.05 Å². The van der Waals surface area contributed by atoms with Gasteiger partial charge in [0, 0.05) is 29.7 Å². The van der Waals surface area contributed by atoms with E-state index in [-0.39, 0.29) is 17.9 Å². The lowest BCUT2D eigenvalue weighted by Gasteiger charge is -2.10. The van der Waals surface area contributed by atoms with Crippen LogP contribution in [0.3, 0.4) is 0 Å². The van der Waals surface area contributed by atoms with Crippen molar-refractivity contribution < 1.29 is 4.79 Å². The van der Waals surface area contributed by atoms with Crippen LogP contribution in [0.1, 0.15) is 27.3 Å². The van der Waals surface area contributed by atoms with Crippen molar-refractivity contribution in [3.63, 3.8) is 0 Å². The average molecular weight is 375 g/mol. The third-order valence-electron chi connectivity index (χ3n) is 5.06. The molecule has 0 atom stereocenters. The fourth-order valence-corrected chi connectivity index (χ4v) is 3.56. The molecule has 0 N–H and O–H groups in total. The summed E-state index contributed by atoms with van der Waals surface area (Å²) in [4.78, 5) is 29.8. The summed E-state index contributed by atoms with van der Waals surface area (Å²) in [7, 11) is 1.73. The van der Waals surface area contributed by atoms with Crippen LogP contribution in [0, 0.1) is 20.8 Å². The molecule has 4 rings (SSSR count). The van der Waals surface area contributed by atoms with Gasteiger partial charge in [-0.1, -0.05) is 17.7 Å². The number of aryl methyl sites for hydroxylation is 3. The molecule has 0 aliphatic rings. The summed E-state index contributed by atoms with van der Waals surface area (Å²) >= 11 is 0. The highest BCUT2D eigenvalue weighted by molar-refractivity contribution is 5.97. The van der Waals surface area contributed by atoms with Crippen LogP contribution in [0.15, 0.2) is 47.7 Å². The quantitative estimate of drug-likeness (QED) is 0.514. The van der Waals surface area contributed by atoms with Gasteiger partial charge in [0.15, 0.2) is 11.4 Å². The van der Waals surface area contributed by atoms with Crippen LogP contribution in [0.25, 0.3) is 16.7 Å². The number of hydrogen-bond acceptors (Lipinski definition) is 4. The van der Waals surface area contributed by atoms with E-state index in [2.05, 4.69) is 14.6 Å². The van der Waals surface area contributed by atoms with Crippen LogP contribution >= 0.6 is 0 Å². The highest BCUT2D eigenvalue weighted by Gasteiger charge is 2.18. The first-order chi connectivity index (χ1) is 13.4. The number of Topliss-reactive ketones (excluding diaryl/α,β-unsaturated/α-hetero) is 1. The first kappa shape index (κ1) is 17.9. The number of nitrogens with zero attached hydrogens (tertiary/aromatic N) is 5. The molecule has 7 nitrogen and oxygen atoms in total. The van der Waals surface area contributed by atoms with E-state index in [4.69, 9.17) is 0 Å². The van der Waals surface area contributed by atoms with Crippen molar-refractivity contribution in [2.75, 3.05) is 0 Å². The van der Waals surface area contributed by atoms with Crippen molar-refractivity contribution in [2.45, 2.75) is 27.3 Å². The molecule has 0 amide bonds. The molecule has 28 heavy (non-hydrogen) atoms. The highest BCUT2D eigenvalue weighted by Crippen LogP contribution is 2.22. The van der Waals surface area contributed by atoms with E-state index in [0.29, 0.717) is 16.6 Å². The summed E-state index contributed by atoms with van der Waals surface area (Å²) in [5.41, 5.74) is 4.87. The molecule has 142 valence electrons. The lowest BCUT2D eigenvalue weighted by molar-refractivity contribution is 0.0970. The molecule has 0 bridgehead atoms. The van der Waals surface area contributed by atoms with Gasteiger partial charge >= 0.3 is 0 Å². The van der Waals surface area contributed by atoms with Crippen molar-refractivity contribution in [2.24, 2.45) is 7.05 Å². The van der Waals surface area contributed by atoms with Gasteiger partial charge in [0.1, 0.15) is 11.7 Å². The number of benzene rings is 1. The molecule has 0 saturated heterocycles. The van der Waals surface area contributed by atoms with Gasteiger partial charge in [-0.3, -0.25) is 18.8 Å². The van der Waals surface area contributed by atoms with E-state index in [0.717, 1.165) is 17.1 Å². The molecule has 0 aliphatic carbocycles. The Morgan fingerprint density at radius 2 is 1.82 bits per heavy atom. The largest absolute Gasteiger partial charge is 0.318 e. The maximum absolute atomic E-state index is 13.0. The number of ketones is 1. The van der Waals surface area contributed by atoms with Crippen molar-refractivity contribution in [3.05, 3.63) is 75.7 Å². The van der Waals surface area contributed by atoms with Crippen molar-refractivity contribution >= 4 is 16.8 Å². The molecule has 0 fully saturated rings. The molecule has 0 spiro atoms. The lowest BCUT2D eigenvalue weighted by Crippen LogP contribution is -2.24. The Hall–Kier alpha value is -3.48. The van der Waals surface area contributed by atoms with Gasteiger partial charge in [0.25, 0.3) is 5.56 Å². The minimum absolute atomic E-state index is 0.0607. The maximum atomic E-state index is 13.0. The van der Waals surface area contributed by atoms with Crippen LogP contribution < -0.4 is 5.56 Å². The normalized spacial score (nSPS) is 11.3. The van der Waals surface area contributed by atoms with Crippen molar-refractivity contribution in [1.82, 2.24) is 23.9 Å². The first-order valence-electron chi connectivity index (χ1n) is 9.03. The Balaban J connectivity index is 1.70. The third-order valence-corrected chi connectivity index (χ3v) is 5.06. The van der Waals surface area contributed by atoms with Crippen LogP contribution in [0.4, 0.5) is 0 Å². The van der Waals surface area contributed by atoms with Gasteiger partial charge in [-0.25, -0.2) is 4.98 Å². The van der Waals surface area contributed by atoms with Gasteiger partial charge in [-0.15, -0.1) is 0 Å². The maximum Gasteiger partial charge on any atom is 0.264 e. The lowest BCUT2D eigenvalue weighted by atomic mass is 10.1. The van der Waals surface area contributed by atoms with Crippen molar-refractivity contribution in [3.8, 4) is 5.69 Å². The Kier molecular flexibility index (Phi) is 4.22. The topological polar surface area (TPSA) is 74.7 Å². The highest BCUT2D eigenvalue weighted by atomic mass is 16.1. The Morgan fingerprint density at radius 1 is 1.11 bits per heavy atom. The molecule has 0 saturated carbocycles. The number of carbonyl (C=O) groups is 1. The number of hydrogen-bond donors (Lipinski definition) is 0. The van der Waals surface area contributed by atoms with Gasteiger partial charge < -0.3 is 4.57 Å². The summed E-state index contributed by atoms with van der Waals surface area (Å²) in [5, 5.41) is 4.46. The van der Waals surface area contributed by atoms with Gasteiger partial charge in [0.2, 0.25) is 0 Å². The summed E-state index contributed by atoms with van der Waals surface area (Å²) < 4.78 is 4.93. The molecular formula is C21H21N5O2. The van der Waals surface area contributed by atoms with Gasteiger partial charge in [-0.05, 0) is 39.0 Å². The summed E-state index contributed by atoms with van der Waals surface area (Å²) in [5.74, 6) is -0.126. The zero-order valence-electron chi connectivity index (χ0n) is 16.3.